The first kappa shape index (κ1) is 15.7. The maximum atomic E-state index is 11.3. The average Bonchev–Trinajstić information content (AvgIpc) is 2.93. The molecule has 21 heavy (non-hydrogen) atoms. The molecule has 1 heterocycles. The van der Waals surface area contributed by atoms with Crippen molar-refractivity contribution in [1.29, 1.82) is 0 Å². The van der Waals surface area contributed by atoms with Crippen molar-refractivity contribution in [2.45, 2.75) is 65.3 Å². The third kappa shape index (κ3) is 3.52. The van der Waals surface area contributed by atoms with Crippen molar-refractivity contribution in [3.8, 4) is 0 Å². The van der Waals surface area contributed by atoms with Crippen LogP contribution in [-0.2, 0) is 4.79 Å². The van der Waals surface area contributed by atoms with E-state index in [4.69, 9.17) is 0 Å². The Morgan fingerprint density at radius 2 is 1.86 bits per heavy atom. The Labute approximate surface area is 127 Å². The Balaban J connectivity index is 0.000000774. The van der Waals surface area contributed by atoms with Crippen LogP contribution < -0.4 is 0 Å². The van der Waals surface area contributed by atoms with Crippen LogP contribution in [0.3, 0.4) is 0 Å². The minimum Gasteiger partial charge on any atom is -0.300 e. The number of carbonyl (C=O) groups is 1. The molecular weight excluding hydrogens is 260 g/mol. The molecule has 0 unspecified atom stereocenters. The molecule has 114 valence electrons. The highest BCUT2D eigenvalue weighted by molar-refractivity contribution is 5.80. The van der Waals surface area contributed by atoms with Crippen molar-refractivity contribution in [2.24, 2.45) is 0 Å². The SMILES string of the molecule is CC.CC(C)n1cc2cc(C3CCC(=O)CC3)ccc2n1. The number of benzene rings is 1. The first-order valence-corrected chi connectivity index (χ1v) is 8.14. The Hall–Kier alpha value is -1.64. The third-order valence-corrected chi connectivity index (χ3v) is 4.09. The quantitative estimate of drug-likeness (QED) is 0.789. The Morgan fingerprint density at radius 3 is 2.48 bits per heavy atom. The van der Waals surface area contributed by atoms with Crippen LogP contribution in [0.1, 0.15) is 70.9 Å². The fourth-order valence-electron chi connectivity index (χ4n) is 2.85. The second-order valence-corrected chi connectivity index (χ2v) is 5.83. The third-order valence-electron chi connectivity index (χ3n) is 4.09. The van der Waals surface area contributed by atoms with Gasteiger partial charge in [-0.1, -0.05) is 19.9 Å². The van der Waals surface area contributed by atoms with Crippen LogP contribution in [0.4, 0.5) is 0 Å². The molecule has 0 spiro atoms. The van der Waals surface area contributed by atoms with E-state index in [1.54, 1.807) is 0 Å². The number of nitrogens with zero attached hydrogens (tertiary/aromatic N) is 2. The number of aromatic nitrogens is 2. The summed E-state index contributed by atoms with van der Waals surface area (Å²) in [4.78, 5) is 11.3. The summed E-state index contributed by atoms with van der Waals surface area (Å²) in [6.07, 6.45) is 5.62. The number of Topliss-reactive ketones (excluding diaryl/α,β-unsaturated/α-hetero) is 1. The highest BCUT2D eigenvalue weighted by Crippen LogP contribution is 2.32. The van der Waals surface area contributed by atoms with Crippen molar-refractivity contribution < 1.29 is 4.79 Å². The molecule has 1 aliphatic rings. The topological polar surface area (TPSA) is 34.9 Å². The van der Waals surface area contributed by atoms with Crippen LogP contribution in [0, 0.1) is 0 Å². The Bertz CT molecular complexity index is 603. The van der Waals surface area contributed by atoms with Gasteiger partial charge >= 0.3 is 0 Å². The Morgan fingerprint density at radius 1 is 1.19 bits per heavy atom. The smallest absolute Gasteiger partial charge is 0.132 e. The lowest BCUT2D eigenvalue weighted by Crippen LogP contribution is -2.12. The predicted molar refractivity (Wildman–Crippen MR) is 87.7 cm³/mol. The normalized spacial score (nSPS) is 16.1. The average molecular weight is 286 g/mol. The van der Waals surface area contributed by atoms with Gasteiger partial charge in [0.1, 0.15) is 5.78 Å². The fourth-order valence-corrected chi connectivity index (χ4v) is 2.85. The number of fused-ring (bicyclic) bond motifs is 1. The van der Waals surface area contributed by atoms with E-state index in [0.717, 1.165) is 31.2 Å². The molecule has 0 amide bonds. The molecule has 1 aliphatic carbocycles. The molecular formula is C18H26N2O. The van der Waals surface area contributed by atoms with Gasteiger partial charge in [0.25, 0.3) is 0 Å². The summed E-state index contributed by atoms with van der Waals surface area (Å²) in [6.45, 7) is 8.28. The van der Waals surface area contributed by atoms with Crippen molar-refractivity contribution in [2.75, 3.05) is 0 Å². The number of carbonyl (C=O) groups excluding carboxylic acids is 1. The van der Waals surface area contributed by atoms with Crippen LogP contribution in [0.15, 0.2) is 24.4 Å². The summed E-state index contributed by atoms with van der Waals surface area (Å²) in [5.41, 5.74) is 2.42. The van der Waals surface area contributed by atoms with Gasteiger partial charge in [0.2, 0.25) is 0 Å². The van der Waals surface area contributed by atoms with Gasteiger partial charge in [0, 0.05) is 30.5 Å². The van der Waals surface area contributed by atoms with Gasteiger partial charge in [0.05, 0.1) is 5.52 Å². The first-order valence-electron chi connectivity index (χ1n) is 8.14. The Kier molecular flexibility index (Phi) is 5.16. The van der Waals surface area contributed by atoms with Gasteiger partial charge in [-0.3, -0.25) is 9.48 Å². The predicted octanol–water partition coefficient (Wildman–Crippen LogP) is 4.87. The molecule has 3 rings (SSSR count). The van der Waals surface area contributed by atoms with E-state index < -0.39 is 0 Å². The lowest BCUT2D eigenvalue weighted by atomic mass is 9.83. The molecule has 0 aliphatic heterocycles. The molecule has 0 bridgehead atoms. The molecule has 0 saturated heterocycles. The zero-order valence-electron chi connectivity index (χ0n) is 13.6. The largest absolute Gasteiger partial charge is 0.300 e. The zero-order valence-corrected chi connectivity index (χ0v) is 13.6. The lowest BCUT2D eigenvalue weighted by Gasteiger charge is -2.21. The van der Waals surface area contributed by atoms with E-state index in [9.17, 15) is 4.79 Å². The van der Waals surface area contributed by atoms with Crippen LogP contribution in [0.5, 0.6) is 0 Å². The van der Waals surface area contributed by atoms with Gasteiger partial charge in [-0.15, -0.1) is 0 Å². The van der Waals surface area contributed by atoms with Crippen molar-refractivity contribution >= 4 is 16.7 Å². The van der Waals surface area contributed by atoms with Gasteiger partial charge in [-0.25, -0.2) is 0 Å². The van der Waals surface area contributed by atoms with Crippen molar-refractivity contribution in [1.82, 2.24) is 9.78 Å². The molecule has 3 nitrogen and oxygen atoms in total. The minimum absolute atomic E-state index is 0.392. The first-order chi connectivity index (χ1) is 10.1. The summed E-state index contributed by atoms with van der Waals surface area (Å²) in [6, 6.07) is 6.94. The number of hydrogen-bond donors (Lipinski definition) is 0. The minimum atomic E-state index is 0.392. The van der Waals surface area contributed by atoms with Crippen LogP contribution >= 0.6 is 0 Å². The second-order valence-electron chi connectivity index (χ2n) is 5.83. The highest BCUT2D eigenvalue weighted by Gasteiger charge is 2.20. The van der Waals surface area contributed by atoms with E-state index in [1.807, 2.05) is 18.5 Å². The van der Waals surface area contributed by atoms with E-state index >= 15 is 0 Å². The zero-order chi connectivity index (χ0) is 15.4. The van der Waals surface area contributed by atoms with Gasteiger partial charge in [0.15, 0.2) is 0 Å². The van der Waals surface area contributed by atoms with Crippen LogP contribution in [0.25, 0.3) is 10.9 Å². The van der Waals surface area contributed by atoms with Gasteiger partial charge < -0.3 is 0 Å². The molecule has 1 aromatic heterocycles. The summed E-state index contributed by atoms with van der Waals surface area (Å²) >= 11 is 0. The molecule has 0 N–H and O–H groups in total. The summed E-state index contributed by atoms with van der Waals surface area (Å²) in [5.74, 6) is 0.967. The van der Waals surface area contributed by atoms with Crippen molar-refractivity contribution in [3.63, 3.8) is 0 Å². The maximum Gasteiger partial charge on any atom is 0.132 e. The van der Waals surface area contributed by atoms with E-state index in [1.165, 1.54) is 10.9 Å². The summed E-state index contributed by atoms with van der Waals surface area (Å²) in [7, 11) is 0. The monoisotopic (exact) mass is 286 g/mol. The standard InChI is InChI=1S/C16H20N2O.C2H6/c1-11(2)18-10-14-9-13(5-8-16(14)17-18)12-3-6-15(19)7-4-12;1-2/h5,8-12H,3-4,6-7H2,1-2H3;1-2H3. The van der Waals surface area contributed by atoms with E-state index in [0.29, 0.717) is 17.7 Å². The molecule has 1 aromatic carbocycles. The lowest BCUT2D eigenvalue weighted by molar-refractivity contribution is -0.120. The molecule has 0 radical (unpaired) electrons. The summed E-state index contributed by atoms with van der Waals surface area (Å²) in [5, 5.41) is 5.78. The molecule has 2 aromatic rings. The number of ketones is 1. The molecule has 1 saturated carbocycles. The molecule has 3 heteroatoms. The highest BCUT2D eigenvalue weighted by atomic mass is 16.1. The van der Waals surface area contributed by atoms with Gasteiger partial charge in [-0.2, -0.15) is 5.10 Å². The molecule has 0 atom stereocenters. The second kappa shape index (κ2) is 6.88. The van der Waals surface area contributed by atoms with E-state index in [2.05, 4.69) is 43.3 Å². The van der Waals surface area contributed by atoms with E-state index in [-0.39, 0.29) is 0 Å². The maximum absolute atomic E-state index is 11.3. The van der Waals surface area contributed by atoms with Crippen molar-refractivity contribution in [3.05, 3.63) is 30.0 Å². The summed E-state index contributed by atoms with van der Waals surface area (Å²) < 4.78 is 2.01. The molecule has 1 fully saturated rings. The fraction of sp³-hybridized carbons (Fsp3) is 0.556. The van der Waals surface area contributed by atoms with Crippen LogP contribution in [-0.4, -0.2) is 15.6 Å². The number of rotatable bonds is 2. The number of hydrogen-bond acceptors (Lipinski definition) is 2. The van der Waals surface area contributed by atoms with Crippen LogP contribution in [0.2, 0.25) is 0 Å². The van der Waals surface area contributed by atoms with Gasteiger partial charge in [-0.05, 0) is 50.3 Å².